The van der Waals surface area contributed by atoms with E-state index in [4.69, 9.17) is 4.74 Å². The highest BCUT2D eigenvalue weighted by molar-refractivity contribution is 6.01. The highest BCUT2D eigenvalue weighted by atomic mass is 16.5. The number of carbonyl (C=O) groups is 2. The number of para-hydroxylation sites is 1. The van der Waals surface area contributed by atoms with Gasteiger partial charge in [-0.15, -0.1) is 0 Å². The second-order valence-electron chi connectivity index (χ2n) is 5.94. The van der Waals surface area contributed by atoms with Gasteiger partial charge in [-0.3, -0.25) is 19.4 Å². The van der Waals surface area contributed by atoms with Crippen molar-refractivity contribution >= 4 is 11.8 Å². The van der Waals surface area contributed by atoms with Crippen LogP contribution in [0.25, 0.3) is 0 Å². The number of hydrogen-bond acceptors (Lipinski definition) is 5. The first-order valence-electron chi connectivity index (χ1n) is 8.11. The average Bonchev–Trinajstić information content (AvgIpc) is 2.91. The SMILES string of the molecule is COc1ccccc1C1CNCCN1CCN1C(=O)CCC1=O. The fourth-order valence-electron chi connectivity index (χ4n) is 3.36. The van der Waals surface area contributed by atoms with E-state index in [1.165, 1.54) is 4.90 Å². The average molecular weight is 317 g/mol. The van der Waals surface area contributed by atoms with Crippen molar-refractivity contribution in [3.8, 4) is 5.75 Å². The lowest BCUT2D eigenvalue weighted by Gasteiger charge is -2.37. The zero-order valence-electron chi connectivity index (χ0n) is 13.5. The smallest absolute Gasteiger partial charge is 0.229 e. The summed E-state index contributed by atoms with van der Waals surface area (Å²) >= 11 is 0. The molecule has 1 unspecified atom stereocenters. The molecule has 0 aliphatic carbocycles. The Bertz CT molecular complexity index is 574. The second-order valence-corrected chi connectivity index (χ2v) is 5.94. The van der Waals surface area contributed by atoms with E-state index >= 15 is 0 Å². The fourth-order valence-corrected chi connectivity index (χ4v) is 3.36. The summed E-state index contributed by atoms with van der Waals surface area (Å²) < 4.78 is 5.49. The Balaban J connectivity index is 1.71. The van der Waals surface area contributed by atoms with Crippen LogP contribution in [0.4, 0.5) is 0 Å². The van der Waals surface area contributed by atoms with E-state index in [2.05, 4.69) is 16.3 Å². The van der Waals surface area contributed by atoms with Gasteiger partial charge in [0, 0.05) is 51.1 Å². The van der Waals surface area contributed by atoms with Crippen LogP contribution in [0.15, 0.2) is 24.3 Å². The molecule has 1 aromatic carbocycles. The van der Waals surface area contributed by atoms with Crippen LogP contribution in [-0.2, 0) is 9.59 Å². The van der Waals surface area contributed by atoms with Gasteiger partial charge in [0.1, 0.15) is 5.75 Å². The third kappa shape index (κ3) is 3.38. The van der Waals surface area contributed by atoms with Crippen LogP contribution in [0, 0.1) is 0 Å². The maximum atomic E-state index is 11.8. The number of likely N-dealkylation sites (tertiary alicyclic amines) is 1. The largest absolute Gasteiger partial charge is 0.496 e. The summed E-state index contributed by atoms with van der Waals surface area (Å²) in [5.74, 6) is 0.789. The molecule has 2 saturated heterocycles. The van der Waals surface area contributed by atoms with Crippen LogP contribution in [0.1, 0.15) is 24.4 Å². The summed E-state index contributed by atoms with van der Waals surface area (Å²) in [6.07, 6.45) is 0.715. The molecule has 1 N–H and O–H groups in total. The monoisotopic (exact) mass is 317 g/mol. The molecular weight excluding hydrogens is 294 g/mol. The molecule has 2 aliphatic rings. The van der Waals surface area contributed by atoms with Gasteiger partial charge in [-0.1, -0.05) is 18.2 Å². The van der Waals surface area contributed by atoms with Gasteiger partial charge in [0.15, 0.2) is 0 Å². The van der Waals surface area contributed by atoms with E-state index < -0.39 is 0 Å². The Kier molecular flexibility index (Phi) is 4.93. The van der Waals surface area contributed by atoms with Crippen LogP contribution in [-0.4, -0.2) is 61.4 Å². The minimum atomic E-state index is -0.0426. The van der Waals surface area contributed by atoms with E-state index in [1.54, 1.807) is 7.11 Å². The van der Waals surface area contributed by atoms with Crippen LogP contribution in [0.3, 0.4) is 0 Å². The lowest BCUT2D eigenvalue weighted by Crippen LogP contribution is -2.49. The molecule has 124 valence electrons. The number of nitrogens with one attached hydrogen (secondary N) is 1. The topological polar surface area (TPSA) is 61.9 Å². The molecule has 6 heteroatoms. The van der Waals surface area contributed by atoms with Crippen LogP contribution >= 0.6 is 0 Å². The zero-order valence-corrected chi connectivity index (χ0v) is 13.5. The number of methoxy groups -OCH3 is 1. The first-order valence-corrected chi connectivity index (χ1v) is 8.11. The quantitative estimate of drug-likeness (QED) is 0.814. The van der Waals surface area contributed by atoms with Crippen LogP contribution < -0.4 is 10.1 Å². The summed E-state index contributed by atoms with van der Waals surface area (Å²) in [5.41, 5.74) is 1.14. The Labute approximate surface area is 136 Å². The molecule has 23 heavy (non-hydrogen) atoms. The van der Waals surface area contributed by atoms with Gasteiger partial charge in [0.25, 0.3) is 0 Å². The molecule has 2 aliphatic heterocycles. The number of benzene rings is 1. The molecule has 0 spiro atoms. The van der Waals surface area contributed by atoms with Crippen molar-refractivity contribution in [3.05, 3.63) is 29.8 Å². The maximum Gasteiger partial charge on any atom is 0.229 e. The lowest BCUT2D eigenvalue weighted by atomic mass is 10.0. The highest BCUT2D eigenvalue weighted by Gasteiger charge is 2.31. The van der Waals surface area contributed by atoms with Gasteiger partial charge in [0.2, 0.25) is 11.8 Å². The molecule has 2 amide bonds. The molecule has 1 aromatic rings. The predicted octanol–water partition coefficient (Wildman–Crippen LogP) is 0.790. The van der Waals surface area contributed by atoms with Crippen LogP contribution in [0.5, 0.6) is 5.75 Å². The first-order chi connectivity index (χ1) is 11.2. The number of nitrogens with zero attached hydrogens (tertiary/aromatic N) is 2. The van der Waals surface area contributed by atoms with Crippen molar-refractivity contribution in [2.24, 2.45) is 0 Å². The highest BCUT2D eigenvalue weighted by Crippen LogP contribution is 2.30. The molecule has 0 bridgehead atoms. The standard InChI is InChI=1S/C17H23N3O3/c1-23-15-5-3-2-4-13(15)14-12-18-8-9-19(14)10-11-20-16(21)6-7-17(20)22/h2-5,14,18H,6-12H2,1H3. The normalized spacial score (nSPS) is 22.7. The van der Waals surface area contributed by atoms with Gasteiger partial charge in [0.05, 0.1) is 13.2 Å². The van der Waals surface area contributed by atoms with Crippen LogP contribution in [0.2, 0.25) is 0 Å². The number of imide groups is 1. The van der Waals surface area contributed by atoms with Gasteiger partial charge in [-0.05, 0) is 6.07 Å². The minimum Gasteiger partial charge on any atom is -0.496 e. The summed E-state index contributed by atoms with van der Waals surface area (Å²) in [5, 5.41) is 3.42. The van der Waals surface area contributed by atoms with Gasteiger partial charge in [-0.2, -0.15) is 0 Å². The summed E-state index contributed by atoms with van der Waals surface area (Å²) in [6, 6.07) is 8.21. The van der Waals surface area contributed by atoms with E-state index in [9.17, 15) is 9.59 Å². The van der Waals surface area contributed by atoms with E-state index in [0.29, 0.717) is 25.9 Å². The van der Waals surface area contributed by atoms with Crippen molar-refractivity contribution in [1.29, 1.82) is 0 Å². The van der Waals surface area contributed by atoms with Crippen molar-refractivity contribution in [2.75, 3.05) is 39.8 Å². The molecule has 3 rings (SSSR count). The number of ether oxygens (including phenoxy) is 1. The van der Waals surface area contributed by atoms with Gasteiger partial charge >= 0.3 is 0 Å². The molecule has 0 saturated carbocycles. The molecule has 6 nitrogen and oxygen atoms in total. The number of carbonyl (C=O) groups excluding carboxylic acids is 2. The Morgan fingerprint density at radius 3 is 2.65 bits per heavy atom. The molecule has 1 atom stereocenters. The number of amides is 2. The minimum absolute atomic E-state index is 0.0426. The first kappa shape index (κ1) is 16.0. The number of hydrogen-bond donors (Lipinski definition) is 1. The second kappa shape index (κ2) is 7.10. The van der Waals surface area contributed by atoms with E-state index in [0.717, 1.165) is 30.9 Å². The van der Waals surface area contributed by atoms with E-state index in [-0.39, 0.29) is 17.9 Å². The van der Waals surface area contributed by atoms with Crippen molar-refractivity contribution in [1.82, 2.24) is 15.1 Å². The summed E-state index contributed by atoms with van der Waals surface area (Å²) in [7, 11) is 1.68. The fraction of sp³-hybridized carbons (Fsp3) is 0.529. The molecule has 0 radical (unpaired) electrons. The Morgan fingerprint density at radius 2 is 1.91 bits per heavy atom. The number of piperazine rings is 1. The zero-order chi connectivity index (χ0) is 16.2. The van der Waals surface area contributed by atoms with E-state index in [1.807, 2.05) is 18.2 Å². The maximum absolute atomic E-state index is 11.8. The molecular formula is C17H23N3O3. The summed E-state index contributed by atoms with van der Waals surface area (Å²) in [6.45, 7) is 3.81. The Morgan fingerprint density at radius 1 is 1.17 bits per heavy atom. The lowest BCUT2D eigenvalue weighted by molar-refractivity contribution is -0.138. The van der Waals surface area contributed by atoms with Crippen molar-refractivity contribution in [2.45, 2.75) is 18.9 Å². The third-order valence-corrected chi connectivity index (χ3v) is 4.62. The summed E-state index contributed by atoms with van der Waals surface area (Å²) in [4.78, 5) is 27.3. The van der Waals surface area contributed by atoms with Crippen molar-refractivity contribution in [3.63, 3.8) is 0 Å². The predicted molar refractivity (Wildman–Crippen MR) is 86.1 cm³/mol. The van der Waals surface area contributed by atoms with Gasteiger partial charge in [-0.25, -0.2) is 0 Å². The molecule has 0 aromatic heterocycles. The molecule has 2 fully saturated rings. The molecule has 2 heterocycles. The van der Waals surface area contributed by atoms with Gasteiger partial charge < -0.3 is 10.1 Å². The third-order valence-electron chi connectivity index (χ3n) is 4.62. The Hall–Kier alpha value is -1.92. The number of rotatable bonds is 5. The van der Waals surface area contributed by atoms with Crippen molar-refractivity contribution < 1.29 is 14.3 Å².